The van der Waals surface area contributed by atoms with Crippen LogP contribution < -0.4 is 0 Å². The summed E-state index contributed by atoms with van der Waals surface area (Å²) in [6.07, 6.45) is 8.42. The largest absolute Gasteiger partial charge is 0.285 e. The van der Waals surface area contributed by atoms with Crippen LogP contribution in [0.1, 0.15) is 46.5 Å². The Bertz CT molecular complexity index is 564. The number of carbonyl (C=O) groups excluding carboxylic acids is 2. The summed E-state index contributed by atoms with van der Waals surface area (Å²) in [5, 5.41) is 0. The second kappa shape index (κ2) is 7.80. The predicted molar refractivity (Wildman–Crippen MR) is 93.9 cm³/mol. The van der Waals surface area contributed by atoms with Crippen LogP contribution in [0.25, 0.3) is 0 Å². The van der Waals surface area contributed by atoms with Gasteiger partial charge in [0.05, 0.1) is 0 Å². The zero-order valence-electron chi connectivity index (χ0n) is 12.9. The van der Waals surface area contributed by atoms with E-state index in [1.54, 1.807) is 0 Å². The van der Waals surface area contributed by atoms with E-state index in [0.29, 0.717) is 12.0 Å². The number of ketones is 2. The second-order valence-electron chi connectivity index (χ2n) is 5.90. The van der Waals surface area contributed by atoms with Gasteiger partial charge < -0.3 is 0 Å². The molecule has 1 atom stereocenters. The fourth-order valence-electron chi connectivity index (χ4n) is 2.98. The summed E-state index contributed by atoms with van der Waals surface area (Å²) in [4.78, 5) is 24.4. The maximum absolute atomic E-state index is 12.4. The first-order chi connectivity index (χ1) is 9.86. The van der Waals surface area contributed by atoms with Gasteiger partial charge in [-0.25, -0.2) is 0 Å². The lowest BCUT2D eigenvalue weighted by molar-refractivity contribution is -0.121. The molecule has 0 saturated heterocycles. The topological polar surface area (TPSA) is 34.1 Å². The van der Waals surface area contributed by atoms with Crippen molar-refractivity contribution in [3.63, 3.8) is 0 Å². The minimum atomic E-state index is -0.541. The van der Waals surface area contributed by atoms with Gasteiger partial charge in [0.2, 0.25) is 11.6 Å². The van der Waals surface area contributed by atoms with Gasteiger partial charge in [-0.1, -0.05) is 47.9 Å². The third-order valence-electron chi connectivity index (χ3n) is 4.07. The number of alkyl halides is 1. The molecule has 21 heavy (non-hydrogen) atoms. The Morgan fingerprint density at radius 3 is 2.67 bits per heavy atom. The van der Waals surface area contributed by atoms with Crippen molar-refractivity contribution in [1.82, 2.24) is 0 Å². The van der Waals surface area contributed by atoms with Crippen molar-refractivity contribution in [2.24, 2.45) is 11.3 Å². The van der Waals surface area contributed by atoms with Gasteiger partial charge >= 0.3 is 0 Å². The summed E-state index contributed by atoms with van der Waals surface area (Å²) in [6, 6.07) is 0. The normalized spacial score (nSPS) is 20.2. The van der Waals surface area contributed by atoms with Crippen molar-refractivity contribution in [2.45, 2.75) is 46.5 Å². The second-order valence-corrected chi connectivity index (χ2v) is 6.98. The number of Topliss-reactive ketones (excluding diaryl/α,β-unsaturated/α-hetero) is 2. The molecule has 0 bridgehead atoms. The molecule has 0 saturated carbocycles. The van der Waals surface area contributed by atoms with Crippen LogP contribution in [0, 0.1) is 35.5 Å². The fourth-order valence-corrected chi connectivity index (χ4v) is 3.36. The van der Waals surface area contributed by atoms with Crippen molar-refractivity contribution in [2.75, 3.05) is 4.43 Å². The van der Waals surface area contributed by atoms with E-state index in [1.807, 2.05) is 20.8 Å². The van der Waals surface area contributed by atoms with E-state index in [2.05, 4.69) is 40.4 Å². The zero-order chi connectivity index (χ0) is 16.0. The zero-order valence-corrected chi connectivity index (χ0v) is 15.0. The fraction of sp³-hybridized carbons (Fsp3) is 0.556. The van der Waals surface area contributed by atoms with Crippen LogP contribution in [0.3, 0.4) is 0 Å². The molecule has 0 aromatic rings. The number of allylic oxidation sites excluding steroid dienone is 2. The SMILES string of the molecule is C#CC(=O)C1CCC(C)=C(C(=O)C#CCCCI)C1(C)C. The Kier molecular flexibility index (Phi) is 6.68. The molecule has 3 heteroatoms. The first-order valence-corrected chi connectivity index (χ1v) is 8.68. The third-order valence-corrected chi connectivity index (χ3v) is 4.84. The molecule has 0 amide bonds. The van der Waals surface area contributed by atoms with Gasteiger partial charge in [-0.3, -0.25) is 9.59 Å². The van der Waals surface area contributed by atoms with Crippen molar-refractivity contribution >= 4 is 34.2 Å². The molecule has 1 rings (SSSR count). The van der Waals surface area contributed by atoms with Crippen molar-refractivity contribution in [3.05, 3.63) is 11.1 Å². The maximum Gasteiger partial charge on any atom is 0.232 e. The molecule has 0 radical (unpaired) electrons. The van der Waals surface area contributed by atoms with Crippen LogP contribution in [0.4, 0.5) is 0 Å². The number of hydrogen-bond acceptors (Lipinski definition) is 2. The minimum Gasteiger partial charge on any atom is -0.285 e. The van der Waals surface area contributed by atoms with E-state index >= 15 is 0 Å². The van der Waals surface area contributed by atoms with E-state index in [9.17, 15) is 9.59 Å². The first-order valence-electron chi connectivity index (χ1n) is 7.16. The Labute approximate surface area is 141 Å². The van der Waals surface area contributed by atoms with E-state index in [-0.39, 0.29) is 17.5 Å². The van der Waals surface area contributed by atoms with Gasteiger partial charge in [0, 0.05) is 27.8 Å². The molecule has 0 fully saturated rings. The number of halogens is 1. The van der Waals surface area contributed by atoms with E-state index in [0.717, 1.165) is 29.3 Å². The van der Waals surface area contributed by atoms with Crippen molar-refractivity contribution < 1.29 is 9.59 Å². The summed E-state index contributed by atoms with van der Waals surface area (Å²) >= 11 is 2.29. The van der Waals surface area contributed by atoms with Crippen molar-refractivity contribution in [1.29, 1.82) is 0 Å². The molecule has 2 nitrogen and oxygen atoms in total. The number of unbranched alkanes of at least 4 members (excludes halogenated alkanes) is 1. The quantitative estimate of drug-likeness (QED) is 0.239. The monoisotopic (exact) mass is 396 g/mol. The van der Waals surface area contributed by atoms with Gasteiger partial charge in [-0.15, -0.1) is 6.42 Å². The summed E-state index contributed by atoms with van der Waals surface area (Å²) < 4.78 is 1.03. The van der Waals surface area contributed by atoms with E-state index in [1.165, 1.54) is 0 Å². The van der Waals surface area contributed by atoms with E-state index < -0.39 is 5.41 Å². The molecule has 1 aliphatic rings. The van der Waals surface area contributed by atoms with Crippen LogP contribution in [-0.4, -0.2) is 16.0 Å². The van der Waals surface area contributed by atoms with Gasteiger partial charge in [-0.2, -0.15) is 0 Å². The average Bonchev–Trinajstić information content (AvgIpc) is 2.42. The van der Waals surface area contributed by atoms with Crippen LogP contribution >= 0.6 is 22.6 Å². The lowest BCUT2D eigenvalue weighted by Gasteiger charge is -2.38. The molecule has 0 aromatic carbocycles. The number of hydrogen-bond donors (Lipinski definition) is 0. The molecule has 0 N–H and O–H groups in total. The Morgan fingerprint density at radius 2 is 2.10 bits per heavy atom. The lowest BCUT2D eigenvalue weighted by Crippen LogP contribution is -2.38. The predicted octanol–water partition coefficient (Wildman–Crippen LogP) is 3.73. The molecule has 0 spiro atoms. The van der Waals surface area contributed by atoms with Crippen molar-refractivity contribution in [3.8, 4) is 24.2 Å². The molecular weight excluding hydrogens is 375 g/mol. The Morgan fingerprint density at radius 1 is 1.43 bits per heavy atom. The van der Waals surface area contributed by atoms with Crippen LogP contribution in [0.2, 0.25) is 0 Å². The molecule has 0 heterocycles. The van der Waals surface area contributed by atoms with Gasteiger partial charge in [0.1, 0.15) is 0 Å². The highest BCUT2D eigenvalue weighted by Crippen LogP contribution is 2.45. The highest BCUT2D eigenvalue weighted by atomic mass is 127. The lowest BCUT2D eigenvalue weighted by atomic mass is 9.63. The highest BCUT2D eigenvalue weighted by Gasteiger charge is 2.43. The molecule has 1 unspecified atom stereocenters. The minimum absolute atomic E-state index is 0.152. The average molecular weight is 396 g/mol. The first kappa shape index (κ1) is 18.0. The summed E-state index contributed by atoms with van der Waals surface area (Å²) in [7, 11) is 0. The summed E-state index contributed by atoms with van der Waals surface area (Å²) in [5.74, 6) is 7.23. The maximum atomic E-state index is 12.4. The number of rotatable bonds is 4. The molecular formula is C18H21IO2. The summed E-state index contributed by atoms with van der Waals surface area (Å²) in [5.41, 5.74) is 1.18. The van der Waals surface area contributed by atoms with Gasteiger partial charge in [0.15, 0.2) is 0 Å². The van der Waals surface area contributed by atoms with E-state index in [4.69, 9.17) is 6.42 Å². The molecule has 0 aliphatic heterocycles. The highest BCUT2D eigenvalue weighted by molar-refractivity contribution is 14.1. The smallest absolute Gasteiger partial charge is 0.232 e. The van der Waals surface area contributed by atoms with Gasteiger partial charge in [-0.05, 0) is 38.0 Å². The summed E-state index contributed by atoms with van der Waals surface area (Å²) in [6.45, 7) is 5.81. The van der Waals surface area contributed by atoms with Crippen LogP contribution in [0.5, 0.6) is 0 Å². The molecule has 112 valence electrons. The van der Waals surface area contributed by atoms with Crippen LogP contribution in [-0.2, 0) is 9.59 Å². The molecule has 1 aliphatic carbocycles. The number of terminal acetylenes is 1. The standard InChI is InChI=1S/C18H21IO2/c1-5-15(20)14-11-10-13(2)17(18(14,3)4)16(21)9-7-6-8-12-19/h1,14H,6,8,10-12H2,2-4H3. The number of carbonyl (C=O) groups is 2. The molecule has 0 aromatic heterocycles. The Hall–Kier alpha value is -1.07. The third kappa shape index (κ3) is 4.20. The Balaban J connectivity index is 3.07. The van der Waals surface area contributed by atoms with Crippen LogP contribution in [0.15, 0.2) is 11.1 Å². The van der Waals surface area contributed by atoms with Gasteiger partial charge in [0.25, 0.3) is 0 Å².